The van der Waals surface area contributed by atoms with Crippen LogP contribution in [0, 0.1) is 5.92 Å². The summed E-state index contributed by atoms with van der Waals surface area (Å²) in [6.45, 7) is 1.47. The zero-order valence-corrected chi connectivity index (χ0v) is 17.6. The Morgan fingerprint density at radius 2 is 1.55 bits per heavy atom. The Morgan fingerprint density at radius 3 is 2.19 bits per heavy atom. The molecule has 1 aliphatic heterocycles. The molecule has 0 spiro atoms. The molecule has 0 aliphatic carbocycles. The minimum Gasteiger partial charge on any atom is -0.497 e. The van der Waals surface area contributed by atoms with Crippen molar-refractivity contribution in [3.05, 3.63) is 90.0 Å². The van der Waals surface area contributed by atoms with Gasteiger partial charge in [-0.2, -0.15) is 0 Å². The van der Waals surface area contributed by atoms with Crippen molar-refractivity contribution in [2.75, 3.05) is 20.2 Å². The Labute approximate surface area is 182 Å². The zero-order valence-electron chi connectivity index (χ0n) is 17.6. The number of carbonyl (C=O) groups is 1. The van der Waals surface area contributed by atoms with Crippen molar-refractivity contribution >= 4 is 5.97 Å². The number of rotatable bonds is 7. The molecule has 1 N–H and O–H groups in total. The molecule has 1 heterocycles. The van der Waals surface area contributed by atoms with Crippen LogP contribution in [-0.2, 0) is 4.79 Å². The van der Waals surface area contributed by atoms with E-state index in [1.807, 2.05) is 54.6 Å². The molecule has 31 heavy (non-hydrogen) atoms. The number of piperidine rings is 1. The van der Waals surface area contributed by atoms with E-state index in [9.17, 15) is 9.90 Å². The molecular weight excluding hydrogens is 390 g/mol. The van der Waals surface area contributed by atoms with Gasteiger partial charge in [0.15, 0.2) is 0 Å². The van der Waals surface area contributed by atoms with Gasteiger partial charge < -0.3 is 14.6 Å². The maximum atomic E-state index is 11.4. The van der Waals surface area contributed by atoms with Crippen LogP contribution in [0.3, 0.4) is 0 Å². The number of aliphatic carboxylic acids is 1. The minimum atomic E-state index is -0.695. The Morgan fingerprint density at radius 1 is 0.871 bits per heavy atom. The summed E-state index contributed by atoms with van der Waals surface area (Å²) in [5.74, 6) is 1.43. The number of likely N-dealkylation sites (tertiary alicyclic amines) is 1. The Kier molecular flexibility index (Phi) is 6.53. The van der Waals surface area contributed by atoms with Crippen molar-refractivity contribution in [1.29, 1.82) is 0 Å². The fourth-order valence-corrected chi connectivity index (χ4v) is 4.18. The SMILES string of the molecule is COc1ccc(C(c2cccc(Oc3ccccc3)c2)N2CCC(C(=O)O)CC2)cc1. The van der Waals surface area contributed by atoms with E-state index in [4.69, 9.17) is 9.47 Å². The van der Waals surface area contributed by atoms with Gasteiger partial charge in [-0.3, -0.25) is 9.69 Å². The van der Waals surface area contributed by atoms with Crippen molar-refractivity contribution in [3.63, 3.8) is 0 Å². The average molecular weight is 418 g/mol. The molecule has 3 aromatic carbocycles. The van der Waals surface area contributed by atoms with Gasteiger partial charge in [0.25, 0.3) is 0 Å². The third kappa shape index (κ3) is 5.06. The van der Waals surface area contributed by atoms with Crippen LogP contribution in [0.1, 0.15) is 30.0 Å². The van der Waals surface area contributed by atoms with Crippen LogP contribution < -0.4 is 9.47 Å². The lowest BCUT2D eigenvalue weighted by atomic mass is 9.91. The highest BCUT2D eigenvalue weighted by Gasteiger charge is 2.30. The molecule has 4 rings (SSSR count). The molecule has 3 aromatic rings. The fraction of sp³-hybridized carbons (Fsp3) is 0.269. The largest absolute Gasteiger partial charge is 0.497 e. The number of methoxy groups -OCH3 is 1. The van der Waals surface area contributed by atoms with E-state index >= 15 is 0 Å². The second-order valence-corrected chi connectivity index (χ2v) is 7.81. The monoisotopic (exact) mass is 417 g/mol. The van der Waals surface area contributed by atoms with E-state index in [1.54, 1.807) is 7.11 Å². The van der Waals surface area contributed by atoms with Crippen molar-refractivity contribution in [3.8, 4) is 17.2 Å². The number of benzene rings is 3. The van der Waals surface area contributed by atoms with E-state index in [-0.39, 0.29) is 12.0 Å². The van der Waals surface area contributed by atoms with Gasteiger partial charge in [-0.05, 0) is 73.5 Å². The third-order valence-electron chi connectivity index (χ3n) is 5.83. The van der Waals surface area contributed by atoms with Gasteiger partial charge in [-0.1, -0.05) is 42.5 Å². The Hall–Kier alpha value is -3.31. The highest BCUT2D eigenvalue weighted by molar-refractivity contribution is 5.70. The molecule has 1 unspecified atom stereocenters. The molecule has 1 aliphatic rings. The van der Waals surface area contributed by atoms with Crippen LogP contribution in [0.15, 0.2) is 78.9 Å². The minimum absolute atomic E-state index is 0.0139. The smallest absolute Gasteiger partial charge is 0.306 e. The van der Waals surface area contributed by atoms with Crippen LogP contribution in [0.4, 0.5) is 0 Å². The number of carboxylic acid groups (broad SMARTS) is 1. The lowest BCUT2D eigenvalue weighted by Gasteiger charge is -2.37. The summed E-state index contributed by atoms with van der Waals surface area (Å²) >= 11 is 0. The number of nitrogens with zero attached hydrogens (tertiary/aromatic N) is 1. The summed E-state index contributed by atoms with van der Waals surface area (Å²) in [7, 11) is 1.66. The molecule has 1 atom stereocenters. The normalized spacial score (nSPS) is 15.9. The third-order valence-corrected chi connectivity index (χ3v) is 5.83. The molecule has 0 bridgehead atoms. The van der Waals surface area contributed by atoms with Gasteiger partial charge in [0, 0.05) is 0 Å². The average Bonchev–Trinajstić information content (AvgIpc) is 2.81. The van der Waals surface area contributed by atoms with E-state index in [0.717, 1.165) is 41.5 Å². The quantitative estimate of drug-likeness (QED) is 0.560. The summed E-state index contributed by atoms with van der Waals surface area (Å²) < 4.78 is 11.4. The lowest BCUT2D eigenvalue weighted by Crippen LogP contribution is -2.39. The first-order chi connectivity index (χ1) is 15.1. The highest BCUT2D eigenvalue weighted by Crippen LogP contribution is 2.35. The number of carboxylic acids is 1. The van der Waals surface area contributed by atoms with Crippen molar-refractivity contribution < 1.29 is 19.4 Å². The summed E-state index contributed by atoms with van der Waals surface area (Å²) in [4.78, 5) is 13.8. The van der Waals surface area contributed by atoms with Crippen molar-refractivity contribution in [2.45, 2.75) is 18.9 Å². The van der Waals surface area contributed by atoms with E-state index in [0.29, 0.717) is 12.8 Å². The van der Waals surface area contributed by atoms with Gasteiger partial charge in [0.05, 0.1) is 19.1 Å². The second kappa shape index (κ2) is 9.67. The van der Waals surface area contributed by atoms with Crippen LogP contribution in [0.2, 0.25) is 0 Å². The summed E-state index contributed by atoms with van der Waals surface area (Å²) in [5, 5.41) is 9.38. The molecule has 0 radical (unpaired) electrons. The first-order valence-corrected chi connectivity index (χ1v) is 10.6. The predicted molar refractivity (Wildman–Crippen MR) is 120 cm³/mol. The highest BCUT2D eigenvalue weighted by atomic mass is 16.5. The predicted octanol–water partition coefficient (Wildman–Crippen LogP) is 5.37. The van der Waals surface area contributed by atoms with E-state index in [1.165, 1.54) is 0 Å². The van der Waals surface area contributed by atoms with Gasteiger partial charge in [0.2, 0.25) is 0 Å². The molecular formula is C26H27NO4. The molecule has 1 saturated heterocycles. The standard InChI is InChI=1S/C26H27NO4/c1-30-22-12-10-19(11-13-22)25(27-16-14-20(15-17-27)26(28)29)21-6-5-9-24(18-21)31-23-7-3-2-4-8-23/h2-13,18,20,25H,14-17H2,1H3,(H,28,29). The summed E-state index contributed by atoms with van der Waals surface area (Å²) in [5.41, 5.74) is 2.26. The van der Waals surface area contributed by atoms with Gasteiger partial charge >= 0.3 is 5.97 Å². The van der Waals surface area contributed by atoms with Crippen molar-refractivity contribution in [2.24, 2.45) is 5.92 Å². The lowest BCUT2D eigenvalue weighted by molar-refractivity contribution is -0.143. The molecule has 0 amide bonds. The maximum Gasteiger partial charge on any atom is 0.306 e. The zero-order chi connectivity index (χ0) is 21.6. The number of ether oxygens (including phenoxy) is 2. The molecule has 5 heteroatoms. The number of hydrogen-bond acceptors (Lipinski definition) is 4. The van der Waals surface area contributed by atoms with Crippen LogP contribution >= 0.6 is 0 Å². The van der Waals surface area contributed by atoms with Crippen LogP contribution in [-0.4, -0.2) is 36.2 Å². The summed E-state index contributed by atoms with van der Waals surface area (Å²) in [6.07, 6.45) is 1.31. The Balaban J connectivity index is 1.64. The number of para-hydroxylation sites is 1. The number of hydrogen-bond donors (Lipinski definition) is 1. The molecule has 5 nitrogen and oxygen atoms in total. The molecule has 1 fully saturated rings. The van der Waals surface area contributed by atoms with Gasteiger partial charge in [-0.15, -0.1) is 0 Å². The van der Waals surface area contributed by atoms with Crippen LogP contribution in [0.25, 0.3) is 0 Å². The van der Waals surface area contributed by atoms with Gasteiger partial charge in [-0.25, -0.2) is 0 Å². The van der Waals surface area contributed by atoms with Crippen LogP contribution in [0.5, 0.6) is 17.2 Å². The van der Waals surface area contributed by atoms with Gasteiger partial charge in [0.1, 0.15) is 17.2 Å². The molecule has 0 aromatic heterocycles. The second-order valence-electron chi connectivity index (χ2n) is 7.81. The Bertz CT molecular complexity index is 995. The molecule has 160 valence electrons. The van der Waals surface area contributed by atoms with E-state index < -0.39 is 5.97 Å². The topological polar surface area (TPSA) is 59.0 Å². The maximum absolute atomic E-state index is 11.4. The van der Waals surface area contributed by atoms with E-state index in [2.05, 4.69) is 29.2 Å². The first kappa shape index (κ1) is 20.9. The first-order valence-electron chi connectivity index (χ1n) is 10.6. The molecule has 0 saturated carbocycles. The van der Waals surface area contributed by atoms with Crippen molar-refractivity contribution in [1.82, 2.24) is 4.90 Å². The fourth-order valence-electron chi connectivity index (χ4n) is 4.18. The summed E-state index contributed by atoms with van der Waals surface area (Å²) in [6, 6.07) is 26.0.